The van der Waals surface area contributed by atoms with Gasteiger partial charge >= 0.3 is 0 Å². The highest BCUT2D eigenvalue weighted by Crippen LogP contribution is 2.26. The van der Waals surface area contributed by atoms with E-state index in [-0.39, 0.29) is 23.0 Å². The molecule has 0 spiro atoms. The summed E-state index contributed by atoms with van der Waals surface area (Å²) in [5.41, 5.74) is 1.46. The van der Waals surface area contributed by atoms with Crippen LogP contribution in [0.3, 0.4) is 0 Å². The minimum absolute atomic E-state index is 0.0490. The van der Waals surface area contributed by atoms with Gasteiger partial charge in [-0.1, -0.05) is 57.4 Å². The smallest absolute Gasteiger partial charge is 0.264 e. The number of rotatable bonds is 9. The molecule has 0 aliphatic rings. The van der Waals surface area contributed by atoms with Gasteiger partial charge in [0.2, 0.25) is 11.8 Å². The van der Waals surface area contributed by atoms with Crippen LogP contribution in [0.1, 0.15) is 38.8 Å². The minimum Gasteiger partial charge on any atom is -0.350 e. The molecular formula is C29H33BrClN3O4S. The summed E-state index contributed by atoms with van der Waals surface area (Å²) in [6.45, 7) is 8.66. The number of carbonyl (C=O) groups excluding carboxylic acids is 2. The van der Waals surface area contributed by atoms with Crippen molar-refractivity contribution in [2.75, 3.05) is 10.8 Å². The number of hydrogen-bond acceptors (Lipinski definition) is 4. The average Bonchev–Trinajstić information content (AvgIpc) is 2.85. The SMILES string of the molecule is Cc1ccc(S(=O)(=O)N(CC(=O)N(Cc2cccc(Br)c2)[C@H](C)C(=O)NC(C)(C)C)c2ccc(Cl)cc2)cc1. The summed E-state index contributed by atoms with van der Waals surface area (Å²) >= 11 is 9.51. The van der Waals surface area contributed by atoms with Gasteiger partial charge in [-0.25, -0.2) is 8.42 Å². The molecule has 0 saturated heterocycles. The highest BCUT2D eigenvalue weighted by molar-refractivity contribution is 9.10. The fraction of sp³-hybridized carbons (Fsp3) is 0.310. The number of aryl methyl sites for hydroxylation is 1. The van der Waals surface area contributed by atoms with E-state index in [1.54, 1.807) is 43.3 Å². The fourth-order valence-corrected chi connectivity index (χ4v) is 5.85. The van der Waals surface area contributed by atoms with E-state index in [1.807, 2.05) is 52.0 Å². The van der Waals surface area contributed by atoms with Gasteiger partial charge in [0, 0.05) is 21.6 Å². The maximum absolute atomic E-state index is 13.9. The highest BCUT2D eigenvalue weighted by Gasteiger charge is 2.33. The molecule has 0 bridgehead atoms. The standard InChI is InChI=1S/C29H33BrClN3O4S/c1-20-9-15-26(16-10-20)39(37,38)34(25-13-11-24(31)12-14-25)19-27(35)33(18-22-7-6-8-23(30)17-22)21(2)28(36)32-29(3,4)5/h6-17,21H,18-19H2,1-5H3,(H,32,36)/t21-/m1/s1. The van der Waals surface area contributed by atoms with Crippen molar-refractivity contribution in [3.63, 3.8) is 0 Å². The molecule has 0 radical (unpaired) electrons. The van der Waals surface area contributed by atoms with Crippen LogP contribution < -0.4 is 9.62 Å². The average molecular weight is 635 g/mol. The van der Waals surface area contributed by atoms with Crippen LogP contribution in [0.25, 0.3) is 0 Å². The molecule has 0 unspecified atom stereocenters. The van der Waals surface area contributed by atoms with Crippen molar-refractivity contribution in [2.45, 2.75) is 57.6 Å². The van der Waals surface area contributed by atoms with Gasteiger partial charge < -0.3 is 10.2 Å². The zero-order valence-electron chi connectivity index (χ0n) is 22.6. The number of anilines is 1. The molecule has 39 heavy (non-hydrogen) atoms. The van der Waals surface area contributed by atoms with E-state index in [1.165, 1.54) is 17.0 Å². The normalized spacial score (nSPS) is 12.5. The third-order valence-electron chi connectivity index (χ3n) is 5.91. The van der Waals surface area contributed by atoms with Crippen LogP contribution >= 0.6 is 27.5 Å². The number of halogens is 2. The van der Waals surface area contributed by atoms with Crippen LogP contribution in [0.2, 0.25) is 5.02 Å². The molecule has 3 rings (SSSR count). The molecule has 0 fully saturated rings. The molecule has 0 aliphatic carbocycles. The second kappa shape index (κ2) is 12.5. The van der Waals surface area contributed by atoms with Crippen molar-refractivity contribution in [1.82, 2.24) is 10.2 Å². The van der Waals surface area contributed by atoms with Gasteiger partial charge in [-0.15, -0.1) is 0 Å². The lowest BCUT2D eigenvalue weighted by molar-refractivity contribution is -0.140. The monoisotopic (exact) mass is 633 g/mol. The molecule has 2 amide bonds. The Balaban J connectivity index is 2.03. The van der Waals surface area contributed by atoms with Crippen LogP contribution in [0.5, 0.6) is 0 Å². The molecule has 10 heteroatoms. The van der Waals surface area contributed by atoms with E-state index < -0.39 is 34.1 Å². The first-order valence-corrected chi connectivity index (χ1v) is 15.0. The number of carbonyl (C=O) groups is 2. The van der Waals surface area contributed by atoms with E-state index in [0.29, 0.717) is 5.02 Å². The van der Waals surface area contributed by atoms with E-state index in [2.05, 4.69) is 21.2 Å². The molecule has 1 N–H and O–H groups in total. The molecule has 208 valence electrons. The van der Waals surface area contributed by atoms with Gasteiger partial charge in [-0.05, 0) is 88.7 Å². The van der Waals surface area contributed by atoms with Crippen molar-refractivity contribution >= 4 is 55.1 Å². The van der Waals surface area contributed by atoms with Crippen molar-refractivity contribution in [3.05, 3.63) is 93.4 Å². The molecule has 0 aromatic heterocycles. The third kappa shape index (κ3) is 8.30. The lowest BCUT2D eigenvalue weighted by Gasteiger charge is -2.33. The molecule has 1 atom stereocenters. The van der Waals surface area contributed by atoms with Gasteiger partial charge in [0.05, 0.1) is 10.6 Å². The molecule has 3 aromatic carbocycles. The Morgan fingerprint density at radius 1 is 1.00 bits per heavy atom. The Morgan fingerprint density at radius 3 is 2.18 bits per heavy atom. The molecule has 3 aromatic rings. The molecule has 0 aliphatic heterocycles. The topological polar surface area (TPSA) is 86.8 Å². The lowest BCUT2D eigenvalue weighted by atomic mass is 10.1. The first-order chi connectivity index (χ1) is 18.2. The van der Waals surface area contributed by atoms with Gasteiger partial charge in [0.15, 0.2) is 0 Å². The number of benzene rings is 3. The summed E-state index contributed by atoms with van der Waals surface area (Å²) in [4.78, 5) is 28.5. The fourth-order valence-electron chi connectivity index (χ4n) is 3.86. The second-order valence-corrected chi connectivity index (χ2v) is 13.6. The molecule has 7 nitrogen and oxygen atoms in total. The third-order valence-corrected chi connectivity index (χ3v) is 8.44. The Hall–Kier alpha value is -2.88. The van der Waals surface area contributed by atoms with Gasteiger partial charge in [-0.2, -0.15) is 0 Å². The summed E-state index contributed by atoms with van der Waals surface area (Å²) in [7, 11) is -4.13. The van der Waals surface area contributed by atoms with Gasteiger partial charge in [0.25, 0.3) is 10.0 Å². The number of sulfonamides is 1. The van der Waals surface area contributed by atoms with E-state index in [0.717, 1.165) is 19.9 Å². The quantitative estimate of drug-likeness (QED) is 0.316. The molecule has 0 saturated carbocycles. The first kappa shape index (κ1) is 30.7. The minimum atomic E-state index is -4.13. The number of amides is 2. The van der Waals surface area contributed by atoms with Crippen molar-refractivity contribution in [2.24, 2.45) is 0 Å². The maximum atomic E-state index is 13.9. The summed E-state index contributed by atoms with van der Waals surface area (Å²) in [5, 5.41) is 3.35. The van der Waals surface area contributed by atoms with Crippen LogP contribution in [0, 0.1) is 6.92 Å². The van der Waals surface area contributed by atoms with Crippen LogP contribution in [-0.2, 0) is 26.2 Å². The summed E-state index contributed by atoms with van der Waals surface area (Å²) < 4.78 is 29.5. The Labute approximate surface area is 244 Å². The summed E-state index contributed by atoms with van der Waals surface area (Å²) in [6, 6.07) is 19.2. The zero-order valence-corrected chi connectivity index (χ0v) is 25.8. The lowest BCUT2D eigenvalue weighted by Crippen LogP contribution is -2.54. The van der Waals surface area contributed by atoms with Crippen molar-refractivity contribution in [3.8, 4) is 0 Å². The van der Waals surface area contributed by atoms with Crippen LogP contribution in [0.4, 0.5) is 5.69 Å². The first-order valence-electron chi connectivity index (χ1n) is 12.4. The Morgan fingerprint density at radius 2 is 1.62 bits per heavy atom. The highest BCUT2D eigenvalue weighted by atomic mass is 79.9. The summed E-state index contributed by atoms with van der Waals surface area (Å²) in [5.74, 6) is -0.873. The maximum Gasteiger partial charge on any atom is 0.264 e. The van der Waals surface area contributed by atoms with Crippen LogP contribution in [0.15, 0.2) is 82.2 Å². The summed E-state index contributed by atoms with van der Waals surface area (Å²) in [6.07, 6.45) is 0. The Kier molecular flexibility index (Phi) is 9.85. The predicted molar refractivity (Wildman–Crippen MR) is 159 cm³/mol. The number of nitrogens with one attached hydrogen (secondary N) is 1. The largest absolute Gasteiger partial charge is 0.350 e. The second-order valence-electron chi connectivity index (χ2n) is 10.4. The van der Waals surface area contributed by atoms with E-state index >= 15 is 0 Å². The molecular weight excluding hydrogens is 602 g/mol. The zero-order chi connectivity index (χ0) is 29.0. The van der Waals surface area contributed by atoms with Gasteiger partial charge in [-0.3, -0.25) is 13.9 Å². The van der Waals surface area contributed by atoms with Crippen LogP contribution in [-0.4, -0.2) is 43.3 Å². The van der Waals surface area contributed by atoms with Gasteiger partial charge in [0.1, 0.15) is 12.6 Å². The van der Waals surface area contributed by atoms with Crippen molar-refractivity contribution in [1.29, 1.82) is 0 Å². The van der Waals surface area contributed by atoms with E-state index in [4.69, 9.17) is 11.6 Å². The number of hydrogen-bond donors (Lipinski definition) is 1. The predicted octanol–water partition coefficient (Wildman–Crippen LogP) is 5.94. The van der Waals surface area contributed by atoms with E-state index in [9.17, 15) is 18.0 Å². The Bertz CT molecular complexity index is 1420. The molecule has 0 heterocycles. The number of nitrogens with zero attached hydrogens (tertiary/aromatic N) is 2. The van der Waals surface area contributed by atoms with Crippen molar-refractivity contribution < 1.29 is 18.0 Å².